The minimum absolute atomic E-state index is 0.0720. The molecule has 3 unspecified atom stereocenters. The van der Waals surface area contributed by atoms with Crippen LogP contribution >= 0.6 is 11.8 Å². The number of likely N-dealkylation sites (tertiary alicyclic amines) is 1. The van der Waals surface area contributed by atoms with Gasteiger partial charge in [-0.2, -0.15) is 11.8 Å². The van der Waals surface area contributed by atoms with Gasteiger partial charge in [0, 0.05) is 50.6 Å². The Morgan fingerprint density at radius 2 is 1.94 bits per heavy atom. The first-order chi connectivity index (χ1) is 15.0. The number of amides is 4. The highest BCUT2D eigenvalue weighted by Gasteiger charge is 2.37. The Morgan fingerprint density at radius 1 is 1.25 bits per heavy atom. The lowest BCUT2D eigenvalue weighted by atomic mass is 9.92. The first-order valence-electron chi connectivity index (χ1n) is 11.0. The molecule has 0 aromatic rings. The molecule has 0 aliphatic carbocycles. The van der Waals surface area contributed by atoms with E-state index in [1.165, 1.54) is 16.7 Å². The number of hydrogen-bond donors (Lipinski definition) is 3. The molecule has 3 atom stereocenters. The molecular formula is C22H38N4O5S. The van der Waals surface area contributed by atoms with Crippen LogP contribution in [0.4, 0.5) is 0 Å². The molecule has 1 saturated heterocycles. The van der Waals surface area contributed by atoms with E-state index in [0.717, 1.165) is 6.21 Å². The molecule has 0 spiro atoms. The summed E-state index contributed by atoms with van der Waals surface area (Å²) >= 11 is 1.36. The molecule has 4 amide bonds. The molecule has 9 nitrogen and oxygen atoms in total. The molecule has 0 radical (unpaired) electrons. The van der Waals surface area contributed by atoms with E-state index in [-0.39, 0.29) is 72.1 Å². The fourth-order valence-electron chi connectivity index (χ4n) is 3.18. The average Bonchev–Trinajstić information content (AvgIpc) is 3.01. The highest BCUT2D eigenvalue weighted by Crippen LogP contribution is 2.23. The first kappa shape index (κ1) is 28.1. The topological polar surface area (TPSA) is 129 Å². The van der Waals surface area contributed by atoms with Crippen molar-refractivity contribution in [1.29, 1.82) is 5.41 Å². The molecule has 1 heterocycles. The second-order valence-electron chi connectivity index (χ2n) is 9.19. The summed E-state index contributed by atoms with van der Waals surface area (Å²) in [5, 5.41) is 12.1. The molecular weight excluding hydrogens is 432 g/mol. The summed E-state index contributed by atoms with van der Waals surface area (Å²) in [6.45, 7) is 9.74. The molecule has 32 heavy (non-hydrogen) atoms. The van der Waals surface area contributed by atoms with Crippen molar-refractivity contribution in [3.8, 4) is 0 Å². The molecule has 3 N–H and O–H groups in total. The minimum atomic E-state index is -0.331. The summed E-state index contributed by atoms with van der Waals surface area (Å²) in [6, 6.07) is 0. The lowest BCUT2D eigenvalue weighted by Crippen LogP contribution is -2.39. The third-order valence-corrected chi connectivity index (χ3v) is 6.50. The average molecular weight is 471 g/mol. The Bertz CT molecular complexity index is 685. The van der Waals surface area contributed by atoms with Crippen LogP contribution in [-0.2, 0) is 23.9 Å². The van der Waals surface area contributed by atoms with Crippen LogP contribution in [0.5, 0.6) is 0 Å². The highest BCUT2D eigenvalue weighted by atomic mass is 32.2. The second kappa shape index (κ2) is 13.6. The number of imide groups is 1. The predicted molar refractivity (Wildman–Crippen MR) is 126 cm³/mol. The van der Waals surface area contributed by atoms with Gasteiger partial charge in [0.25, 0.3) is 0 Å². The van der Waals surface area contributed by atoms with E-state index in [1.807, 2.05) is 27.7 Å². The van der Waals surface area contributed by atoms with Crippen LogP contribution in [-0.4, -0.2) is 79.1 Å². The van der Waals surface area contributed by atoms with Gasteiger partial charge in [0.2, 0.25) is 23.6 Å². The van der Waals surface area contributed by atoms with E-state index in [9.17, 15) is 19.2 Å². The van der Waals surface area contributed by atoms with Gasteiger partial charge in [-0.3, -0.25) is 24.1 Å². The molecule has 1 fully saturated rings. The Balaban J connectivity index is 2.29. The molecule has 1 aliphatic rings. The standard InChI is InChI=1S/C22H38N4O5S/c1-15(10-19(28)24-8-7-23)16(2)12-31-14-22(3,4)13-25-18(27)6-9-26-20(29)11-17(32-5)21(26)30/h7,15-17,23H,6,8-14H2,1-5H3,(H,24,28)(H,25,27). The van der Waals surface area contributed by atoms with Crippen molar-refractivity contribution in [2.75, 3.05) is 39.1 Å². The van der Waals surface area contributed by atoms with Crippen LogP contribution < -0.4 is 10.6 Å². The maximum absolute atomic E-state index is 12.2. The monoisotopic (exact) mass is 470 g/mol. The van der Waals surface area contributed by atoms with Crippen molar-refractivity contribution in [3.63, 3.8) is 0 Å². The normalized spacial score (nSPS) is 18.4. The van der Waals surface area contributed by atoms with Gasteiger partial charge in [-0.25, -0.2) is 0 Å². The van der Waals surface area contributed by atoms with E-state index in [0.29, 0.717) is 26.2 Å². The quantitative estimate of drug-likeness (QED) is 0.245. The lowest BCUT2D eigenvalue weighted by molar-refractivity contribution is -0.138. The van der Waals surface area contributed by atoms with Crippen LogP contribution in [0.3, 0.4) is 0 Å². The van der Waals surface area contributed by atoms with Gasteiger partial charge in [0.15, 0.2) is 0 Å². The predicted octanol–water partition coefficient (Wildman–Crippen LogP) is 1.45. The van der Waals surface area contributed by atoms with E-state index < -0.39 is 0 Å². The van der Waals surface area contributed by atoms with Crippen molar-refractivity contribution in [2.45, 2.75) is 52.2 Å². The van der Waals surface area contributed by atoms with E-state index in [2.05, 4.69) is 10.6 Å². The zero-order chi connectivity index (χ0) is 24.3. The summed E-state index contributed by atoms with van der Waals surface area (Å²) in [5.41, 5.74) is -0.289. The van der Waals surface area contributed by atoms with E-state index >= 15 is 0 Å². The van der Waals surface area contributed by atoms with E-state index in [4.69, 9.17) is 10.1 Å². The van der Waals surface area contributed by atoms with Crippen molar-refractivity contribution in [3.05, 3.63) is 0 Å². The summed E-state index contributed by atoms with van der Waals surface area (Å²) in [4.78, 5) is 49.2. The Hall–Kier alpha value is -1.94. The van der Waals surface area contributed by atoms with Crippen molar-refractivity contribution in [1.82, 2.24) is 15.5 Å². The van der Waals surface area contributed by atoms with Crippen LogP contribution in [0.2, 0.25) is 0 Å². The van der Waals surface area contributed by atoms with Crippen LogP contribution in [0.25, 0.3) is 0 Å². The highest BCUT2D eigenvalue weighted by molar-refractivity contribution is 8.00. The van der Waals surface area contributed by atoms with Gasteiger partial charge in [-0.05, 0) is 18.1 Å². The fourth-order valence-corrected chi connectivity index (χ4v) is 3.82. The second-order valence-corrected chi connectivity index (χ2v) is 10.2. The van der Waals surface area contributed by atoms with Crippen LogP contribution in [0, 0.1) is 22.7 Å². The van der Waals surface area contributed by atoms with Crippen LogP contribution in [0.15, 0.2) is 0 Å². The Morgan fingerprint density at radius 3 is 2.53 bits per heavy atom. The summed E-state index contributed by atoms with van der Waals surface area (Å²) in [6.07, 6.45) is 3.63. The molecule has 0 aromatic carbocycles. The zero-order valence-corrected chi connectivity index (χ0v) is 20.7. The summed E-state index contributed by atoms with van der Waals surface area (Å²) in [5.74, 6) is -0.371. The van der Waals surface area contributed by atoms with Gasteiger partial charge in [0.1, 0.15) is 0 Å². The number of hydrogen-bond acceptors (Lipinski definition) is 7. The summed E-state index contributed by atoms with van der Waals surface area (Å²) in [7, 11) is 0. The zero-order valence-electron chi connectivity index (χ0n) is 19.9. The SMILES string of the molecule is CSC1CC(=O)N(CCC(=O)NCC(C)(C)COCC(C)C(C)CC(=O)NCC=N)C1=O. The van der Waals surface area contributed by atoms with E-state index in [1.54, 1.807) is 6.26 Å². The Kier molecular flexibility index (Phi) is 11.9. The van der Waals surface area contributed by atoms with Gasteiger partial charge >= 0.3 is 0 Å². The lowest BCUT2D eigenvalue weighted by Gasteiger charge is -2.27. The first-order valence-corrected chi connectivity index (χ1v) is 12.3. The van der Waals surface area contributed by atoms with Gasteiger partial charge in [-0.1, -0.05) is 27.7 Å². The number of nitrogens with zero attached hydrogens (tertiary/aromatic N) is 1. The largest absolute Gasteiger partial charge is 0.381 e. The number of rotatable bonds is 15. The third-order valence-electron chi connectivity index (χ3n) is 5.57. The number of ether oxygens (including phenoxy) is 1. The smallest absolute Gasteiger partial charge is 0.242 e. The molecule has 1 aliphatic heterocycles. The third kappa shape index (κ3) is 9.68. The number of carbonyl (C=O) groups excluding carboxylic acids is 4. The number of thioether (sulfide) groups is 1. The van der Waals surface area contributed by atoms with Crippen LogP contribution in [0.1, 0.15) is 47.0 Å². The van der Waals surface area contributed by atoms with Gasteiger partial charge < -0.3 is 20.8 Å². The number of nitrogens with one attached hydrogen (secondary N) is 3. The maximum Gasteiger partial charge on any atom is 0.242 e. The fraction of sp³-hybridized carbons (Fsp3) is 0.773. The molecule has 0 saturated carbocycles. The minimum Gasteiger partial charge on any atom is -0.381 e. The maximum atomic E-state index is 12.2. The van der Waals surface area contributed by atoms with Gasteiger partial charge in [0.05, 0.1) is 18.4 Å². The molecule has 10 heteroatoms. The summed E-state index contributed by atoms with van der Waals surface area (Å²) < 4.78 is 5.85. The number of carbonyl (C=O) groups is 4. The molecule has 0 aromatic heterocycles. The van der Waals surface area contributed by atoms with Crippen molar-refractivity contribution >= 4 is 41.6 Å². The molecule has 0 bridgehead atoms. The van der Waals surface area contributed by atoms with Crippen molar-refractivity contribution in [2.24, 2.45) is 17.3 Å². The Labute approximate surface area is 195 Å². The molecule has 1 rings (SSSR count). The molecule has 182 valence electrons. The van der Waals surface area contributed by atoms with Crippen molar-refractivity contribution < 1.29 is 23.9 Å². The van der Waals surface area contributed by atoms with Gasteiger partial charge in [-0.15, -0.1) is 0 Å².